The van der Waals surface area contributed by atoms with E-state index >= 15 is 0 Å². The van der Waals surface area contributed by atoms with Crippen LogP contribution in [0.4, 0.5) is 10.5 Å². The Hall–Kier alpha value is -1.84. The van der Waals surface area contributed by atoms with Crippen molar-refractivity contribution in [3.05, 3.63) is 24.3 Å². The third-order valence-electron chi connectivity index (χ3n) is 2.62. The highest BCUT2D eigenvalue weighted by Gasteiger charge is 2.16. The minimum atomic E-state index is -3.46. The molecule has 1 amide bonds. The topological polar surface area (TPSA) is 97.0 Å². The Bertz CT molecular complexity index is 653. The fourth-order valence-corrected chi connectivity index (χ4v) is 2.15. The molecule has 0 heterocycles. The number of carbonyl (C=O) groups is 1. The number of nitrogens with zero attached hydrogens (tertiary/aromatic N) is 1. The van der Waals surface area contributed by atoms with Crippen molar-refractivity contribution in [1.82, 2.24) is 9.03 Å². The van der Waals surface area contributed by atoms with Gasteiger partial charge >= 0.3 is 6.09 Å². The summed E-state index contributed by atoms with van der Waals surface area (Å²) in [7, 11) is -0.585. The molecule has 1 aromatic carbocycles. The Morgan fingerprint density at radius 2 is 1.92 bits per heavy atom. The summed E-state index contributed by atoms with van der Waals surface area (Å²) in [5.41, 5.74) is -0.0578. The largest absolute Gasteiger partial charge is 0.492 e. The first-order valence-corrected chi connectivity index (χ1v) is 8.83. The van der Waals surface area contributed by atoms with Crippen LogP contribution in [0.1, 0.15) is 20.8 Å². The Labute approximate surface area is 143 Å². The first-order valence-electron chi connectivity index (χ1n) is 7.39. The molecule has 136 valence electrons. The second-order valence-corrected chi connectivity index (χ2v) is 8.15. The van der Waals surface area contributed by atoms with Crippen molar-refractivity contribution in [3.63, 3.8) is 0 Å². The SMILES string of the molecule is CN(C)S(=O)(=O)NCCOc1cccc(NC(=O)OC(C)(C)C)c1. The van der Waals surface area contributed by atoms with Crippen LogP contribution in [0.2, 0.25) is 0 Å². The molecule has 9 heteroatoms. The minimum Gasteiger partial charge on any atom is -0.492 e. The molecule has 24 heavy (non-hydrogen) atoms. The molecule has 0 fully saturated rings. The molecule has 0 bridgehead atoms. The lowest BCUT2D eigenvalue weighted by Crippen LogP contribution is -2.37. The highest BCUT2D eigenvalue weighted by Crippen LogP contribution is 2.18. The van der Waals surface area contributed by atoms with Crippen LogP contribution in [0.15, 0.2) is 24.3 Å². The maximum Gasteiger partial charge on any atom is 0.412 e. The lowest BCUT2D eigenvalue weighted by molar-refractivity contribution is 0.0636. The molecule has 1 rings (SSSR count). The molecule has 2 N–H and O–H groups in total. The molecule has 0 radical (unpaired) electrons. The van der Waals surface area contributed by atoms with Crippen LogP contribution in [-0.2, 0) is 14.9 Å². The van der Waals surface area contributed by atoms with E-state index < -0.39 is 21.9 Å². The fourth-order valence-electron chi connectivity index (χ4n) is 1.55. The molecule has 0 aromatic heterocycles. The van der Waals surface area contributed by atoms with Crippen molar-refractivity contribution in [2.75, 3.05) is 32.6 Å². The number of amides is 1. The van der Waals surface area contributed by atoms with Crippen molar-refractivity contribution in [3.8, 4) is 5.75 Å². The summed E-state index contributed by atoms with van der Waals surface area (Å²) in [6, 6.07) is 6.75. The molecule has 1 aromatic rings. The average molecular weight is 359 g/mol. The van der Waals surface area contributed by atoms with E-state index in [0.29, 0.717) is 11.4 Å². The van der Waals surface area contributed by atoms with Crippen molar-refractivity contribution >= 4 is 22.0 Å². The summed E-state index contributed by atoms with van der Waals surface area (Å²) in [5, 5.41) is 2.61. The van der Waals surface area contributed by atoms with E-state index in [0.717, 1.165) is 4.31 Å². The second kappa shape index (κ2) is 8.32. The summed E-state index contributed by atoms with van der Waals surface area (Å²) >= 11 is 0. The van der Waals surface area contributed by atoms with Gasteiger partial charge in [-0.15, -0.1) is 0 Å². The van der Waals surface area contributed by atoms with E-state index in [2.05, 4.69) is 10.0 Å². The Kier molecular flexibility index (Phi) is 7.00. The predicted molar refractivity (Wildman–Crippen MR) is 92.4 cm³/mol. The van der Waals surface area contributed by atoms with Gasteiger partial charge in [0.05, 0.1) is 0 Å². The van der Waals surface area contributed by atoms with Crippen LogP contribution in [0.5, 0.6) is 5.75 Å². The number of benzene rings is 1. The van der Waals surface area contributed by atoms with E-state index in [1.165, 1.54) is 14.1 Å². The minimum absolute atomic E-state index is 0.129. The first-order chi connectivity index (χ1) is 11.0. The van der Waals surface area contributed by atoms with Gasteiger partial charge < -0.3 is 9.47 Å². The number of rotatable bonds is 7. The zero-order valence-corrected chi connectivity index (χ0v) is 15.4. The van der Waals surface area contributed by atoms with Gasteiger partial charge in [0.15, 0.2) is 0 Å². The Morgan fingerprint density at radius 1 is 1.25 bits per heavy atom. The molecule has 0 spiro atoms. The van der Waals surface area contributed by atoms with Crippen molar-refractivity contribution < 1.29 is 22.7 Å². The quantitative estimate of drug-likeness (QED) is 0.724. The standard InChI is InChI=1S/C15H25N3O5S/c1-15(2,3)23-14(19)17-12-7-6-8-13(11-12)22-10-9-16-24(20,21)18(4)5/h6-8,11,16H,9-10H2,1-5H3,(H,17,19). The molecule has 0 aliphatic heterocycles. The van der Waals surface area contributed by atoms with Crippen LogP contribution in [0.25, 0.3) is 0 Å². The smallest absolute Gasteiger partial charge is 0.412 e. The van der Waals surface area contributed by atoms with Crippen LogP contribution < -0.4 is 14.8 Å². The number of carbonyl (C=O) groups excluding carboxylic acids is 1. The maximum atomic E-state index is 11.7. The average Bonchev–Trinajstić information content (AvgIpc) is 2.41. The van der Waals surface area contributed by atoms with E-state index in [1.54, 1.807) is 45.0 Å². The summed E-state index contributed by atoms with van der Waals surface area (Å²) < 4.78 is 37.2. The highest BCUT2D eigenvalue weighted by molar-refractivity contribution is 7.87. The highest BCUT2D eigenvalue weighted by atomic mass is 32.2. The van der Waals surface area contributed by atoms with Gasteiger partial charge in [-0.2, -0.15) is 17.4 Å². The maximum absolute atomic E-state index is 11.7. The van der Waals surface area contributed by atoms with Crippen LogP contribution in [-0.4, -0.2) is 51.7 Å². The number of hydrogen-bond donors (Lipinski definition) is 2. The number of nitrogens with one attached hydrogen (secondary N) is 2. The molecule has 0 saturated heterocycles. The third kappa shape index (κ3) is 7.62. The van der Waals surface area contributed by atoms with Gasteiger partial charge in [-0.05, 0) is 32.9 Å². The van der Waals surface area contributed by atoms with Crippen LogP contribution in [0, 0.1) is 0 Å². The fraction of sp³-hybridized carbons (Fsp3) is 0.533. The van der Waals surface area contributed by atoms with Gasteiger partial charge in [-0.25, -0.2) is 4.79 Å². The zero-order chi connectivity index (χ0) is 18.4. The van der Waals surface area contributed by atoms with Gasteiger partial charge in [0.2, 0.25) is 0 Å². The Morgan fingerprint density at radius 3 is 2.50 bits per heavy atom. The molecular formula is C15H25N3O5S. The lowest BCUT2D eigenvalue weighted by Gasteiger charge is -2.19. The normalized spacial score (nSPS) is 12.1. The molecule has 8 nitrogen and oxygen atoms in total. The molecule has 0 aliphatic rings. The monoisotopic (exact) mass is 359 g/mol. The summed E-state index contributed by atoms with van der Waals surface area (Å²) in [6.45, 7) is 5.62. The first kappa shape index (κ1) is 20.2. The van der Waals surface area contributed by atoms with E-state index in [9.17, 15) is 13.2 Å². The van der Waals surface area contributed by atoms with Crippen LogP contribution in [0.3, 0.4) is 0 Å². The Balaban J connectivity index is 2.50. The van der Waals surface area contributed by atoms with E-state index in [-0.39, 0.29) is 13.2 Å². The zero-order valence-electron chi connectivity index (χ0n) is 14.6. The molecule has 0 unspecified atom stereocenters. The number of hydrogen-bond acceptors (Lipinski definition) is 5. The van der Waals surface area contributed by atoms with Gasteiger partial charge in [0, 0.05) is 32.4 Å². The second-order valence-electron chi connectivity index (χ2n) is 6.18. The van der Waals surface area contributed by atoms with E-state index in [4.69, 9.17) is 9.47 Å². The van der Waals surface area contributed by atoms with Crippen molar-refractivity contribution in [1.29, 1.82) is 0 Å². The summed E-state index contributed by atoms with van der Waals surface area (Å²) in [4.78, 5) is 11.7. The summed E-state index contributed by atoms with van der Waals surface area (Å²) in [6.07, 6.45) is -0.557. The molecular weight excluding hydrogens is 334 g/mol. The van der Waals surface area contributed by atoms with Crippen molar-refractivity contribution in [2.24, 2.45) is 0 Å². The van der Waals surface area contributed by atoms with Gasteiger partial charge in [0.25, 0.3) is 10.2 Å². The number of ether oxygens (including phenoxy) is 2. The van der Waals surface area contributed by atoms with Gasteiger partial charge in [-0.1, -0.05) is 6.07 Å². The molecule has 0 aliphatic carbocycles. The number of anilines is 1. The molecule has 0 atom stereocenters. The van der Waals surface area contributed by atoms with Gasteiger partial charge in [0.1, 0.15) is 18.0 Å². The lowest BCUT2D eigenvalue weighted by atomic mass is 10.2. The van der Waals surface area contributed by atoms with Crippen LogP contribution >= 0.6 is 0 Å². The summed E-state index contributed by atoms with van der Waals surface area (Å²) in [5.74, 6) is 0.507. The van der Waals surface area contributed by atoms with Gasteiger partial charge in [-0.3, -0.25) is 5.32 Å². The molecule has 0 saturated carbocycles. The van der Waals surface area contributed by atoms with E-state index in [1.807, 2.05) is 0 Å². The third-order valence-corrected chi connectivity index (χ3v) is 4.15. The predicted octanol–water partition coefficient (Wildman–Crippen LogP) is 1.81. The van der Waals surface area contributed by atoms with Crippen molar-refractivity contribution in [2.45, 2.75) is 26.4 Å².